The normalized spacial score (nSPS) is 10.1. The molecule has 0 unspecified atom stereocenters. The van der Waals surface area contributed by atoms with Crippen molar-refractivity contribution in [2.75, 3.05) is 0 Å². The maximum absolute atomic E-state index is 13.1. The Labute approximate surface area is 84.0 Å². The Hall–Kier alpha value is -1.55. The first-order valence-corrected chi connectivity index (χ1v) is 4.84. The molecular formula is C10H6FNOS. The van der Waals surface area contributed by atoms with E-state index in [4.69, 9.17) is 0 Å². The highest BCUT2D eigenvalue weighted by atomic mass is 32.1. The Balaban J connectivity index is 2.43. The quantitative estimate of drug-likeness (QED) is 0.709. The van der Waals surface area contributed by atoms with Crippen LogP contribution in [0.3, 0.4) is 0 Å². The summed E-state index contributed by atoms with van der Waals surface area (Å²) in [5, 5.41) is -0.302. The van der Waals surface area contributed by atoms with E-state index in [9.17, 15) is 9.18 Å². The van der Waals surface area contributed by atoms with Crippen molar-refractivity contribution in [2.24, 2.45) is 0 Å². The smallest absolute Gasteiger partial charge is 0.204 e. The van der Waals surface area contributed by atoms with Gasteiger partial charge in [-0.1, -0.05) is 35.6 Å². The van der Waals surface area contributed by atoms with Gasteiger partial charge in [0.2, 0.25) is 5.13 Å². The molecule has 1 aromatic carbocycles. The van der Waals surface area contributed by atoms with Gasteiger partial charge in [0.1, 0.15) is 12.0 Å². The molecule has 0 aliphatic carbocycles. The van der Waals surface area contributed by atoms with Gasteiger partial charge >= 0.3 is 0 Å². The highest BCUT2D eigenvalue weighted by molar-refractivity contribution is 7.08. The number of thiazole rings is 1. The van der Waals surface area contributed by atoms with Gasteiger partial charge in [0.15, 0.2) is 0 Å². The van der Waals surface area contributed by atoms with E-state index in [1.165, 1.54) is 5.51 Å². The molecule has 0 saturated heterocycles. The SMILES string of the molecule is O=Cc1ccc(-c2ncsc2F)cc1. The summed E-state index contributed by atoms with van der Waals surface area (Å²) < 4.78 is 13.1. The molecule has 2 rings (SSSR count). The summed E-state index contributed by atoms with van der Waals surface area (Å²) in [5.41, 5.74) is 3.06. The molecule has 0 atom stereocenters. The molecule has 2 aromatic rings. The number of aromatic nitrogens is 1. The van der Waals surface area contributed by atoms with Crippen LogP contribution < -0.4 is 0 Å². The van der Waals surface area contributed by atoms with Gasteiger partial charge in [0, 0.05) is 11.1 Å². The Morgan fingerprint density at radius 3 is 2.50 bits per heavy atom. The maximum atomic E-state index is 13.1. The molecule has 14 heavy (non-hydrogen) atoms. The van der Waals surface area contributed by atoms with Crippen LogP contribution in [0.25, 0.3) is 11.3 Å². The van der Waals surface area contributed by atoms with Crippen LogP contribution in [0.1, 0.15) is 10.4 Å². The highest BCUT2D eigenvalue weighted by Crippen LogP contribution is 2.23. The van der Waals surface area contributed by atoms with Crippen molar-refractivity contribution in [1.82, 2.24) is 4.98 Å². The molecule has 0 aliphatic heterocycles. The lowest BCUT2D eigenvalue weighted by molar-refractivity contribution is 0.112. The number of nitrogens with zero attached hydrogens (tertiary/aromatic N) is 1. The van der Waals surface area contributed by atoms with Gasteiger partial charge in [0.05, 0.1) is 5.51 Å². The Bertz CT molecular complexity index is 449. The van der Waals surface area contributed by atoms with Crippen molar-refractivity contribution in [3.05, 3.63) is 40.5 Å². The Morgan fingerprint density at radius 1 is 1.29 bits per heavy atom. The molecule has 70 valence electrons. The molecule has 0 N–H and O–H groups in total. The van der Waals surface area contributed by atoms with Gasteiger partial charge in [-0.25, -0.2) is 4.98 Å². The van der Waals surface area contributed by atoms with Crippen LogP contribution in [0.4, 0.5) is 4.39 Å². The number of hydrogen-bond donors (Lipinski definition) is 0. The first-order chi connectivity index (χ1) is 6.81. The van der Waals surface area contributed by atoms with Crippen molar-refractivity contribution >= 4 is 17.6 Å². The summed E-state index contributed by atoms with van der Waals surface area (Å²) in [7, 11) is 0. The summed E-state index contributed by atoms with van der Waals surface area (Å²) in [4.78, 5) is 14.3. The molecule has 0 aliphatic rings. The van der Waals surface area contributed by atoms with Gasteiger partial charge < -0.3 is 0 Å². The van der Waals surface area contributed by atoms with E-state index in [1.54, 1.807) is 24.3 Å². The number of halogens is 1. The third kappa shape index (κ3) is 1.56. The van der Waals surface area contributed by atoms with Crippen LogP contribution in [0, 0.1) is 5.13 Å². The highest BCUT2D eigenvalue weighted by Gasteiger charge is 2.07. The zero-order chi connectivity index (χ0) is 9.97. The average molecular weight is 207 g/mol. The van der Waals surface area contributed by atoms with Crippen LogP contribution in [0.2, 0.25) is 0 Å². The van der Waals surface area contributed by atoms with Crippen molar-refractivity contribution in [3.63, 3.8) is 0 Å². The minimum absolute atomic E-state index is 0.302. The Morgan fingerprint density at radius 2 is 2.00 bits per heavy atom. The minimum Gasteiger partial charge on any atom is -0.298 e. The van der Waals surface area contributed by atoms with Crippen molar-refractivity contribution in [1.29, 1.82) is 0 Å². The van der Waals surface area contributed by atoms with E-state index < -0.39 is 0 Å². The van der Waals surface area contributed by atoms with E-state index in [0.717, 1.165) is 17.6 Å². The molecule has 0 saturated carbocycles. The van der Waals surface area contributed by atoms with E-state index in [2.05, 4.69) is 4.98 Å². The zero-order valence-corrected chi connectivity index (χ0v) is 7.92. The summed E-state index contributed by atoms with van der Waals surface area (Å²) in [6.45, 7) is 0. The second kappa shape index (κ2) is 3.67. The lowest BCUT2D eigenvalue weighted by atomic mass is 10.1. The molecule has 0 amide bonds. The molecule has 0 bridgehead atoms. The monoisotopic (exact) mass is 207 g/mol. The van der Waals surface area contributed by atoms with E-state index in [-0.39, 0.29) is 5.13 Å². The minimum atomic E-state index is -0.302. The zero-order valence-electron chi connectivity index (χ0n) is 7.11. The van der Waals surface area contributed by atoms with Crippen LogP contribution in [0.5, 0.6) is 0 Å². The summed E-state index contributed by atoms with van der Waals surface area (Å²) in [6, 6.07) is 6.64. The Kier molecular flexibility index (Phi) is 2.37. The number of rotatable bonds is 2. The third-order valence-electron chi connectivity index (χ3n) is 1.84. The first-order valence-electron chi connectivity index (χ1n) is 3.96. The number of hydrogen-bond acceptors (Lipinski definition) is 3. The molecule has 0 radical (unpaired) electrons. The molecular weight excluding hydrogens is 201 g/mol. The van der Waals surface area contributed by atoms with Crippen molar-refractivity contribution in [2.45, 2.75) is 0 Å². The molecule has 2 nitrogen and oxygen atoms in total. The molecule has 4 heteroatoms. The molecule has 1 aromatic heterocycles. The van der Waals surface area contributed by atoms with Gasteiger partial charge in [-0.2, -0.15) is 4.39 Å². The topological polar surface area (TPSA) is 30.0 Å². The van der Waals surface area contributed by atoms with Gasteiger partial charge in [-0.05, 0) is 0 Å². The number of aldehydes is 1. The largest absolute Gasteiger partial charge is 0.298 e. The third-order valence-corrected chi connectivity index (χ3v) is 2.46. The predicted molar refractivity (Wildman–Crippen MR) is 52.9 cm³/mol. The maximum Gasteiger partial charge on any atom is 0.204 e. The standard InChI is InChI=1S/C10H6FNOS/c11-10-9(12-6-14-10)8-3-1-7(5-13)2-4-8/h1-6H. The second-order valence-corrected chi connectivity index (χ2v) is 3.52. The summed E-state index contributed by atoms with van der Waals surface area (Å²) >= 11 is 0.962. The van der Waals surface area contributed by atoms with Crippen LogP contribution in [-0.2, 0) is 0 Å². The van der Waals surface area contributed by atoms with Crippen LogP contribution >= 0.6 is 11.3 Å². The van der Waals surface area contributed by atoms with Gasteiger partial charge in [-0.15, -0.1) is 0 Å². The van der Waals surface area contributed by atoms with Crippen LogP contribution in [0.15, 0.2) is 29.8 Å². The van der Waals surface area contributed by atoms with E-state index in [0.29, 0.717) is 16.8 Å². The van der Waals surface area contributed by atoms with Crippen molar-refractivity contribution in [3.8, 4) is 11.3 Å². The fraction of sp³-hybridized carbons (Fsp3) is 0. The summed E-state index contributed by atoms with van der Waals surface area (Å²) in [6.07, 6.45) is 0.751. The second-order valence-electron chi connectivity index (χ2n) is 2.71. The van der Waals surface area contributed by atoms with Gasteiger partial charge in [0.25, 0.3) is 0 Å². The predicted octanol–water partition coefficient (Wildman–Crippen LogP) is 2.76. The van der Waals surface area contributed by atoms with Gasteiger partial charge in [-0.3, -0.25) is 4.79 Å². The molecule has 0 spiro atoms. The van der Waals surface area contributed by atoms with E-state index >= 15 is 0 Å². The number of benzene rings is 1. The number of carbonyl (C=O) groups is 1. The van der Waals surface area contributed by atoms with Crippen LogP contribution in [-0.4, -0.2) is 11.3 Å². The molecule has 1 heterocycles. The fourth-order valence-electron chi connectivity index (χ4n) is 1.14. The lowest BCUT2D eigenvalue weighted by Gasteiger charge is -1.96. The number of carbonyl (C=O) groups excluding carboxylic acids is 1. The lowest BCUT2D eigenvalue weighted by Crippen LogP contribution is -1.83. The first kappa shape index (κ1) is 9.02. The van der Waals surface area contributed by atoms with Crippen molar-refractivity contribution < 1.29 is 9.18 Å². The molecule has 0 fully saturated rings. The van der Waals surface area contributed by atoms with E-state index in [1.807, 2.05) is 0 Å². The fourth-order valence-corrected chi connectivity index (χ4v) is 1.67. The average Bonchev–Trinajstić information content (AvgIpc) is 2.65. The summed E-state index contributed by atoms with van der Waals surface area (Å²) in [5.74, 6) is 0.